The van der Waals surface area contributed by atoms with Crippen LogP contribution in [0.5, 0.6) is 0 Å². The number of amides is 1. The standard InChI is InChI=1S/C13H23F3N2O/c1-9-5-6-10(2)18(9)11(3)12(19)17(4)8-7-13(14,15)16/h9-11H,5-8H2,1-4H3/t9-,10-,11-/m1/s1. The van der Waals surface area contributed by atoms with Gasteiger partial charge in [0.25, 0.3) is 0 Å². The van der Waals surface area contributed by atoms with Gasteiger partial charge in [-0.1, -0.05) is 0 Å². The van der Waals surface area contributed by atoms with Gasteiger partial charge in [-0.05, 0) is 33.6 Å². The molecule has 0 spiro atoms. The van der Waals surface area contributed by atoms with Crippen LogP contribution in [0, 0.1) is 0 Å². The molecule has 1 fully saturated rings. The van der Waals surface area contributed by atoms with Gasteiger partial charge in [0.2, 0.25) is 5.91 Å². The number of rotatable bonds is 4. The van der Waals surface area contributed by atoms with E-state index in [1.807, 2.05) is 0 Å². The molecule has 0 aliphatic carbocycles. The minimum Gasteiger partial charge on any atom is -0.344 e. The molecule has 6 heteroatoms. The van der Waals surface area contributed by atoms with Crippen molar-refractivity contribution in [3.05, 3.63) is 0 Å². The molecule has 19 heavy (non-hydrogen) atoms. The van der Waals surface area contributed by atoms with E-state index in [1.54, 1.807) is 6.92 Å². The summed E-state index contributed by atoms with van der Waals surface area (Å²) in [5, 5.41) is 0. The van der Waals surface area contributed by atoms with Crippen LogP contribution in [0.3, 0.4) is 0 Å². The number of hydrogen-bond donors (Lipinski definition) is 0. The molecule has 0 aromatic rings. The smallest absolute Gasteiger partial charge is 0.344 e. The van der Waals surface area contributed by atoms with Crippen molar-refractivity contribution in [3.63, 3.8) is 0 Å². The molecule has 0 radical (unpaired) electrons. The van der Waals surface area contributed by atoms with Crippen molar-refractivity contribution in [2.45, 2.75) is 64.3 Å². The zero-order valence-corrected chi connectivity index (χ0v) is 12.0. The first-order valence-electron chi connectivity index (χ1n) is 6.72. The van der Waals surface area contributed by atoms with E-state index >= 15 is 0 Å². The fraction of sp³-hybridized carbons (Fsp3) is 0.923. The van der Waals surface area contributed by atoms with Crippen LogP contribution in [0.4, 0.5) is 13.2 Å². The van der Waals surface area contributed by atoms with Gasteiger partial charge in [0.1, 0.15) is 0 Å². The Hall–Kier alpha value is -0.780. The summed E-state index contributed by atoms with van der Waals surface area (Å²) in [5.41, 5.74) is 0. The Labute approximate surface area is 112 Å². The number of alkyl halides is 3. The largest absolute Gasteiger partial charge is 0.390 e. The summed E-state index contributed by atoms with van der Waals surface area (Å²) in [5.74, 6) is -0.232. The van der Waals surface area contributed by atoms with E-state index in [0.717, 1.165) is 12.8 Å². The molecule has 3 nitrogen and oxygen atoms in total. The molecule has 1 saturated heterocycles. The quantitative estimate of drug-likeness (QED) is 0.790. The van der Waals surface area contributed by atoms with Crippen molar-refractivity contribution in [3.8, 4) is 0 Å². The number of likely N-dealkylation sites (tertiary alicyclic amines) is 1. The summed E-state index contributed by atoms with van der Waals surface area (Å²) in [6, 6.07) is 0.265. The number of nitrogens with zero attached hydrogens (tertiary/aromatic N) is 2. The van der Waals surface area contributed by atoms with Crippen molar-refractivity contribution >= 4 is 5.91 Å². The topological polar surface area (TPSA) is 23.6 Å². The second kappa shape index (κ2) is 6.11. The number of halogens is 3. The highest BCUT2D eigenvalue weighted by molar-refractivity contribution is 5.81. The molecule has 112 valence electrons. The summed E-state index contributed by atoms with van der Waals surface area (Å²) < 4.78 is 36.5. The molecule has 0 N–H and O–H groups in total. The monoisotopic (exact) mass is 280 g/mol. The van der Waals surface area contributed by atoms with Crippen LogP contribution >= 0.6 is 0 Å². The van der Waals surface area contributed by atoms with Crippen LogP contribution in [-0.2, 0) is 4.79 Å². The Kier molecular flexibility index (Phi) is 5.24. The van der Waals surface area contributed by atoms with E-state index in [0.29, 0.717) is 12.1 Å². The number of likely N-dealkylation sites (N-methyl/N-ethyl adjacent to an activating group) is 1. The van der Waals surface area contributed by atoms with Crippen LogP contribution in [0.2, 0.25) is 0 Å². The van der Waals surface area contributed by atoms with Gasteiger partial charge < -0.3 is 4.90 Å². The predicted molar refractivity (Wildman–Crippen MR) is 67.8 cm³/mol. The minimum atomic E-state index is -4.22. The average Bonchev–Trinajstić information content (AvgIpc) is 2.63. The van der Waals surface area contributed by atoms with Crippen molar-refractivity contribution < 1.29 is 18.0 Å². The first kappa shape index (κ1) is 16.3. The normalized spacial score (nSPS) is 26.5. The molecule has 0 aromatic heterocycles. The van der Waals surface area contributed by atoms with Crippen LogP contribution in [-0.4, -0.2) is 53.6 Å². The molecule has 1 amide bonds. The Morgan fingerprint density at radius 3 is 2.21 bits per heavy atom. The van der Waals surface area contributed by atoms with Gasteiger partial charge in [-0.25, -0.2) is 0 Å². The van der Waals surface area contributed by atoms with Crippen molar-refractivity contribution in [2.75, 3.05) is 13.6 Å². The molecular formula is C13H23F3N2O. The lowest BCUT2D eigenvalue weighted by Gasteiger charge is -2.34. The third-order valence-corrected chi connectivity index (χ3v) is 3.93. The van der Waals surface area contributed by atoms with Crippen molar-refractivity contribution in [1.29, 1.82) is 0 Å². The molecule has 0 unspecified atom stereocenters. The summed E-state index contributed by atoms with van der Waals surface area (Å²) in [7, 11) is 1.44. The van der Waals surface area contributed by atoms with E-state index in [-0.39, 0.29) is 18.5 Å². The maximum absolute atomic E-state index is 12.2. The third-order valence-electron chi connectivity index (χ3n) is 3.93. The van der Waals surface area contributed by atoms with Crippen LogP contribution in [0.15, 0.2) is 0 Å². The summed E-state index contributed by atoms with van der Waals surface area (Å²) in [6.45, 7) is 5.63. The van der Waals surface area contributed by atoms with Gasteiger partial charge in [0, 0.05) is 25.7 Å². The van der Waals surface area contributed by atoms with Crippen LogP contribution < -0.4 is 0 Å². The van der Waals surface area contributed by atoms with Gasteiger partial charge in [0.15, 0.2) is 0 Å². The second-order valence-electron chi connectivity index (χ2n) is 5.52. The Bertz CT molecular complexity index is 310. The van der Waals surface area contributed by atoms with E-state index < -0.39 is 12.6 Å². The molecule has 1 rings (SSSR count). The molecule has 0 bridgehead atoms. The minimum absolute atomic E-state index is 0.232. The maximum Gasteiger partial charge on any atom is 0.390 e. The Morgan fingerprint density at radius 2 is 1.79 bits per heavy atom. The lowest BCUT2D eigenvalue weighted by atomic mass is 10.2. The fourth-order valence-corrected chi connectivity index (χ4v) is 2.83. The molecular weight excluding hydrogens is 257 g/mol. The number of carbonyl (C=O) groups is 1. The fourth-order valence-electron chi connectivity index (χ4n) is 2.83. The molecule has 3 atom stereocenters. The van der Waals surface area contributed by atoms with Crippen molar-refractivity contribution in [2.24, 2.45) is 0 Å². The Balaban J connectivity index is 2.56. The zero-order chi connectivity index (χ0) is 14.8. The van der Waals surface area contributed by atoms with Gasteiger partial charge in [-0.15, -0.1) is 0 Å². The molecule has 0 saturated carbocycles. The number of carbonyl (C=O) groups excluding carboxylic acids is 1. The first-order chi connectivity index (χ1) is 8.63. The predicted octanol–water partition coefficient (Wildman–Crippen LogP) is 2.66. The van der Waals surface area contributed by atoms with Gasteiger partial charge >= 0.3 is 6.18 Å². The first-order valence-corrected chi connectivity index (χ1v) is 6.72. The number of hydrogen-bond acceptors (Lipinski definition) is 2. The summed E-state index contributed by atoms with van der Waals surface area (Å²) >= 11 is 0. The molecule has 1 heterocycles. The summed E-state index contributed by atoms with van der Waals surface area (Å²) in [6.07, 6.45) is -3.10. The highest BCUT2D eigenvalue weighted by atomic mass is 19.4. The van der Waals surface area contributed by atoms with E-state index in [9.17, 15) is 18.0 Å². The van der Waals surface area contributed by atoms with Gasteiger partial charge in [0.05, 0.1) is 12.5 Å². The Morgan fingerprint density at radius 1 is 1.32 bits per heavy atom. The highest BCUT2D eigenvalue weighted by Crippen LogP contribution is 2.27. The lowest BCUT2D eigenvalue weighted by Crippen LogP contribution is -2.50. The maximum atomic E-state index is 12.2. The van der Waals surface area contributed by atoms with Crippen LogP contribution in [0.1, 0.15) is 40.0 Å². The average molecular weight is 280 g/mol. The van der Waals surface area contributed by atoms with E-state index in [2.05, 4.69) is 18.7 Å². The SMILES string of the molecule is C[C@@H]1CC[C@@H](C)N1[C@H](C)C(=O)N(C)CCC(F)(F)F. The molecule has 0 aromatic carbocycles. The zero-order valence-electron chi connectivity index (χ0n) is 12.0. The molecule has 1 aliphatic rings. The van der Waals surface area contributed by atoms with Gasteiger partial charge in [-0.3, -0.25) is 9.69 Å². The van der Waals surface area contributed by atoms with E-state index in [1.165, 1.54) is 11.9 Å². The summed E-state index contributed by atoms with van der Waals surface area (Å²) in [4.78, 5) is 15.4. The molecule has 1 aliphatic heterocycles. The highest BCUT2D eigenvalue weighted by Gasteiger charge is 2.36. The van der Waals surface area contributed by atoms with E-state index in [4.69, 9.17) is 0 Å². The lowest BCUT2D eigenvalue weighted by molar-refractivity contribution is -0.147. The van der Waals surface area contributed by atoms with Crippen molar-refractivity contribution in [1.82, 2.24) is 9.80 Å². The second-order valence-corrected chi connectivity index (χ2v) is 5.52. The van der Waals surface area contributed by atoms with Crippen LogP contribution in [0.25, 0.3) is 0 Å². The third kappa shape index (κ3) is 4.37. The van der Waals surface area contributed by atoms with Gasteiger partial charge in [-0.2, -0.15) is 13.2 Å².